The van der Waals surface area contributed by atoms with E-state index in [1.165, 1.54) is 25.8 Å². The van der Waals surface area contributed by atoms with E-state index in [9.17, 15) is 0 Å². The minimum Gasteiger partial charge on any atom is -0.377 e. The number of piperidine rings is 1. The van der Waals surface area contributed by atoms with Crippen molar-refractivity contribution in [2.45, 2.75) is 58.6 Å². The third-order valence-corrected chi connectivity index (χ3v) is 3.83. The maximum Gasteiger partial charge on any atom is 0.0702 e. The summed E-state index contributed by atoms with van der Waals surface area (Å²) in [5.41, 5.74) is 6.17. The fourth-order valence-corrected chi connectivity index (χ4v) is 3.02. The van der Waals surface area contributed by atoms with Crippen molar-refractivity contribution in [3.8, 4) is 0 Å². The molecule has 0 amide bonds. The Bertz CT molecular complexity index is 218. The Morgan fingerprint density at radius 1 is 1.47 bits per heavy atom. The van der Waals surface area contributed by atoms with Crippen LogP contribution in [0, 0.1) is 5.92 Å². The van der Waals surface area contributed by atoms with Crippen LogP contribution in [0.3, 0.4) is 0 Å². The first-order valence-corrected chi connectivity index (χ1v) is 7.08. The van der Waals surface area contributed by atoms with E-state index in [-0.39, 0.29) is 5.54 Å². The van der Waals surface area contributed by atoms with Crippen LogP contribution in [0.15, 0.2) is 0 Å². The SMILES string of the molecule is CCOC1CCCN(C(C)(CN)CC(C)C)C1. The summed E-state index contributed by atoms with van der Waals surface area (Å²) in [5, 5.41) is 0. The molecule has 2 atom stereocenters. The first-order valence-electron chi connectivity index (χ1n) is 7.08. The molecule has 0 aliphatic carbocycles. The lowest BCUT2D eigenvalue weighted by atomic mass is 9.87. The Labute approximate surface area is 107 Å². The van der Waals surface area contributed by atoms with E-state index < -0.39 is 0 Å². The lowest BCUT2D eigenvalue weighted by Gasteiger charge is -2.46. The number of nitrogens with zero attached hydrogens (tertiary/aromatic N) is 1. The fourth-order valence-electron chi connectivity index (χ4n) is 3.02. The Hall–Kier alpha value is -0.120. The van der Waals surface area contributed by atoms with Gasteiger partial charge in [0.15, 0.2) is 0 Å². The van der Waals surface area contributed by atoms with E-state index in [0.29, 0.717) is 12.0 Å². The first-order chi connectivity index (χ1) is 8.01. The lowest BCUT2D eigenvalue weighted by molar-refractivity contribution is -0.0330. The van der Waals surface area contributed by atoms with Crippen LogP contribution in [-0.4, -0.2) is 42.8 Å². The minimum absolute atomic E-state index is 0.143. The highest BCUT2D eigenvalue weighted by Crippen LogP contribution is 2.27. The molecule has 0 aromatic rings. The molecule has 0 bridgehead atoms. The number of hydrogen-bond acceptors (Lipinski definition) is 3. The van der Waals surface area contributed by atoms with Crippen LogP contribution in [0.25, 0.3) is 0 Å². The zero-order valence-electron chi connectivity index (χ0n) is 12.0. The van der Waals surface area contributed by atoms with Crippen molar-refractivity contribution in [2.24, 2.45) is 11.7 Å². The van der Waals surface area contributed by atoms with Crippen LogP contribution in [0.4, 0.5) is 0 Å². The first kappa shape index (κ1) is 14.9. The summed E-state index contributed by atoms with van der Waals surface area (Å²) in [5.74, 6) is 0.691. The Morgan fingerprint density at radius 3 is 2.71 bits per heavy atom. The van der Waals surface area contributed by atoms with E-state index in [2.05, 4.69) is 32.6 Å². The summed E-state index contributed by atoms with van der Waals surface area (Å²) >= 11 is 0. The molecule has 2 unspecified atom stereocenters. The molecular weight excluding hydrogens is 212 g/mol. The molecule has 0 saturated carbocycles. The number of hydrogen-bond donors (Lipinski definition) is 1. The van der Waals surface area contributed by atoms with Crippen LogP contribution < -0.4 is 5.73 Å². The van der Waals surface area contributed by atoms with Gasteiger partial charge in [-0.25, -0.2) is 0 Å². The van der Waals surface area contributed by atoms with E-state index in [1.54, 1.807) is 0 Å². The average molecular weight is 242 g/mol. The molecule has 3 heteroatoms. The summed E-state index contributed by atoms with van der Waals surface area (Å²) in [6.45, 7) is 12.7. The van der Waals surface area contributed by atoms with E-state index in [4.69, 9.17) is 10.5 Å². The summed E-state index contributed by atoms with van der Waals surface area (Å²) < 4.78 is 5.78. The summed E-state index contributed by atoms with van der Waals surface area (Å²) in [6, 6.07) is 0. The molecule has 102 valence electrons. The Kier molecular flexibility index (Phi) is 5.90. The normalized spacial score (nSPS) is 26.1. The third-order valence-electron chi connectivity index (χ3n) is 3.83. The maximum atomic E-state index is 6.02. The van der Waals surface area contributed by atoms with Gasteiger partial charge in [0.2, 0.25) is 0 Å². The van der Waals surface area contributed by atoms with Gasteiger partial charge in [-0.2, -0.15) is 0 Å². The van der Waals surface area contributed by atoms with Gasteiger partial charge >= 0.3 is 0 Å². The van der Waals surface area contributed by atoms with Gasteiger partial charge in [-0.05, 0) is 45.6 Å². The second kappa shape index (κ2) is 6.72. The number of ether oxygens (including phenoxy) is 1. The molecule has 0 aromatic carbocycles. The van der Waals surface area contributed by atoms with Crippen molar-refractivity contribution in [2.75, 3.05) is 26.2 Å². The monoisotopic (exact) mass is 242 g/mol. The molecule has 0 radical (unpaired) electrons. The molecule has 1 aliphatic heterocycles. The molecule has 17 heavy (non-hydrogen) atoms. The van der Waals surface area contributed by atoms with Crippen molar-refractivity contribution >= 4 is 0 Å². The highest BCUT2D eigenvalue weighted by atomic mass is 16.5. The molecule has 1 heterocycles. The van der Waals surface area contributed by atoms with Crippen LogP contribution in [-0.2, 0) is 4.74 Å². The quantitative estimate of drug-likeness (QED) is 0.776. The van der Waals surface area contributed by atoms with Gasteiger partial charge in [0.25, 0.3) is 0 Å². The van der Waals surface area contributed by atoms with E-state index in [0.717, 1.165) is 19.7 Å². The van der Waals surface area contributed by atoms with Crippen LogP contribution in [0.1, 0.15) is 47.0 Å². The van der Waals surface area contributed by atoms with Crippen LogP contribution >= 0.6 is 0 Å². The Balaban J connectivity index is 2.61. The molecule has 0 aromatic heterocycles. The molecule has 1 aliphatic rings. The fraction of sp³-hybridized carbons (Fsp3) is 1.00. The topological polar surface area (TPSA) is 38.5 Å². The predicted molar refractivity (Wildman–Crippen MR) is 73.1 cm³/mol. The molecule has 3 nitrogen and oxygen atoms in total. The third kappa shape index (κ3) is 4.23. The van der Waals surface area contributed by atoms with Crippen molar-refractivity contribution in [1.29, 1.82) is 0 Å². The minimum atomic E-state index is 0.143. The van der Waals surface area contributed by atoms with Gasteiger partial charge in [0.05, 0.1) is 6.10 Å². The number of rotatable bonds is 6. The van der Waals surface area contributed by atoms with E-state index >= 15 is 0 Å². The van der Waals surface area contributed by atoms with Gasteiger partial charge in [-0.15, -0.1) is 0 Å². The molecular formula is C14H30N2O. The van der Waals surface area contributed by atoms with Crippen LogP contribution in [0.2, 0.25) is 0 Å². The second-order valence-corrected chi connectivity index (χ2v) is 5.96. The number of likely N-dealkylation sites (tertiary alicyclic amines) is 1. The maximum absolute atomic E-state index is 6.02. The molecule has 1 fully saturated rings. The van der Waals surface area contributed by atoms with Crippen molar-refractivity contribution in [3.05, 3.63) is 0 Å². The summed E-state index contributed by atoms with van der Waals surface area (Å²) in [7, 11) is 0. The molecule has 1 saturated heterocycles. The van der Waals surface area contributed by atoms with Crippen molar-refractivity contribution in [3.63, 3.8) is 0 Å². The predicted octanol–water partition coefficient (Wildman–Crippen LogP) is 2.25. The molecule has 2 N–H and O–H groups in total. The highest BCUT2D eigenvalue weighted by Gasteiger charge is 2.34. The van der Waals surface area contributed by atoms with Crippen molar-refractivity contribution in [1.82, 2.24) is 4.90 Å². The van der Waals surface area contributed by atoms with Gasteiger partial charge in [0, 0.05) is 25.2 Å². The van der Waals surface area contributed by atoms with Gasteiger partial charge in [-0.3, -0.25) is 4.90 Å². The summed E-state index contributed by atoms with van der Waals surface area (Å²) in [6.07, 6.45) is 4.01. The summed E-state index contributed by atoms with van der Waals surface area (Å²) in [4.78, 5) is 2.55. The lowest BCUT2D eigenvalue weighted by Crippen LogP contribution is -2.57. The molecule has 0 spiro atoms. The smallest absolute Gasteiger partial charge is 0.0702 e. The second-order valence-electron chi connectivity index (χ2n) is 5.96. The zero-order valence-corrected chi connectivity index (χ0v) is 12.0. The van der Waals surface area contributed by atoms with Gasteiger partial charge in [0.1, 0.15) is 0 Å². The Morgan fingerprint density at radius 2 is 2.18 bits per heavy atom. The highest BCUT2D eigenvalue weighted by molar-refractivity contribution is 4.91. The van der Waals surface area contributed by atoms with Gasteiger partial charge < -0.3 is 10.5 Å². The standard InChI is InChI=1S/C14H30N2O/c1-5-17-13-7-6-8-16(10-13)14(4,11-15)9-12(2)3/h12-13H,5-11,15H2,1-4H3. The molecule has 1 rings (SSSR count). The number of nitrogens with two attached hydrogens (primary N) is 1. The van der Waals surface area contributed by atoms with Crippen LogP contribution in [0.5, 0.6) is 0 Å². The van der Waals surface area contributed by atoms with Gasteiger partial charge in [-0.1, -0.05) is 13.8 Å². The average Bonchev–Trinajstić information content (AvgIpc) is 2.29. The largest absolute Gasteiger partial charge is 0.377 e. The van der Waals surface area contributed by atoms with E-state index in [1.807, 2.05) is 0 Å². The van der Waals surface area contributed by atoms with Crippen molar-refractivity contribution < 1.29 is 4.74 Å². The zero-order chi connectivity index (χ0) is 12.9.